The van der Waals surface area contributed by atoms with Gasteiger partial charge in [-0.05, 0) is 42.3 Å². The Morgan fingerprint density at radius 1 is 0.844 bits per heavy atom. The predicted octanol–water partition coefficient (Wildman–Crippen LogP) is 4.54. The number of hydrogen-bond acceptors (Lipinski definition) is 4. The Labute approximate surface area is 188 Å². The largest absolute Gasteiger partial charge is 0.417 e. The number of allylic oxidation sites excluding steroid dienone is 1. The molecule has 1 saturated heterocycles. The van der Waals surface area contributed by atoms with E-state index in [9.17, 15) is 4.79 Å². The summed E-state index contributed by atoms with van der Waals surface area (Å²) in [7, 11) is 0. The number of fused-ring (bicyclic) bond motifs is 1. The Bertz CT molecular complexity index is 1210. The standard InChI is InChI=1S/C28H24N2O2/c31-28(16-15-22-7-2-1-3-8-22)32-25-12-6-11-24(21-25)29-17-19-30(20-18-29)27-14-5-10-23-9-4-13-26(23)27/h1-8,10-14,21H,9,17-20H2. The monoisotopic (exact) mass is 420 g/mol. The lowest BCUT2D eigenvalue weighted by molar-refractivity contribution is -0.128. The lowest BCUT2D eigenvalue weighted by Gasteiger charge is -2.38. The smallest absolute Gasteiger partial charge is 0.390 e. The van der Waals surface area contributed by atoms with E-state index in [1.165, 1.54) is 16.8 Å². The first kappa shape index (κ1) is 20.0. The Kier molecular flexibility index (Phi) is 5.63. The first-order chi connectivity index (χ1) is 15.8. The fraction of sp³-hybridized carbons (Fsp3) is 0.179. The van der Waals surface area contributed by atoms with E-state index in [1.807, 2.05) is 42.5 Å². The topological polar surface area (TPSA) is 32.8 Å². The van der Waals surface area contributed by atoms with Crippen LogP contribution in [-0.4, -0.2) is 32.1 Å². The molecule has 0 atom stereocenters. The molecule has 0 amide bonds. The van der Waals surface area contributed by atoms with Crippen molar-refractivity contribution in [3.8, 4) is 17.6 Å². The SMILES string of the molecule is O=C(C#Cc1ccccc1)Oc1cccc(N2CCN(c3cccc4c3C=CC4)CC2)c1. The van der Waals surface area contributed by atoms with Crippen molar-refractivity contribution in [3.05, 3.63) is 95.6 Å². The van der Waals surface area contributed by atoms with Gasteiger partial charge in [0, 0.05) is 60.7 Å². The molecule has 158 valence electrons. The molecule has 3 aromatic rings. The zero-order valence-corrected chi connectivity index (χ0v) is 17.8. The van der Waals surface area contributed by atoms with Gasteiger partial charge in [0.15, 0.2) is 0 Å². The van der Waals surface area contributed by atoms with Crippen LogP contribution in [0.4, 0.5) is 11.4 Å². The van der Waals surface area contributed by atoms with E-state index in [0.717, 1.165) is 43.9 Å². The van der Waals surface area contributed by atoms with E-state index < -0.39 is 5.97 Å². The molecule has 0 unspecified atom stereocenters. The molecule has 0 spiro atoms. The summed E-state index contributed by atoms with van der Waals surface area (Å²) in [6.07, 6.45) is 5.52. The minimum absolute atomic E-state index is 0.517. The molecule has 1 fully saturated rings. The molecule has 0 saturated carbocycles. The molecule has 4 heteroatoms. The van der Waals surface area contributed by atoms with Crippen LogP contribution in [0.5, 0.6) is 5.75 Å². The summed E-state index contributed by atoms with van der Waals surface area (Å²) in [4.78, 5) is 16.9. The molecule has 3 aromatic carbocycles. The van der Waals surface area contributed by atoms with Gasteiger partial charge in [-0.1, -0.05) is 54.5 Å². The maximum atomic E-state index is 12.1. The van der Waals surface area contributed by atoms with Gasteiger partial charge in [-0.3, -0.25) is 0 Å². The van der Waals surface area contributed by atoms with Crippen LogP contribution in [0.1, 0.15) is 16.7 Å². The number of piperazine rings is 1. The van der Waals surface area contributed by atoms with Crippen molar-refractivity contribution in [1.29, 1.82) is 0 Å². The number of rotatable bonds is 3. The van der Waals surface area contributed by atoms with Crippen molar-refractivity contribution >= 4 is 23.4 Å². The molecular formula is C28H24N2O2. The molecule has 5 rings (SSSR count). The molecule has 2 aliphatic rings. The van der Waals surface area contributed by atoms with Crippen LogP contribution in [0.25, 0.3) is 6.08 Å². The summed E-state index contributed by atoms with van der Waals surface area (Å²) in [5, 5.41) is 0. The predicted molar refractivity (Wildman–Crippen MR) is 129 cm³/mol. The van der Waals surface area contributed by atoms with Crippen LogP contribution < -0.4 is 14.5 Å². The first-order valence-corrected chi connectivity index (χ1v) is 10.9. The number of nitrogens with zero attached hydrogens (tertiary/aromatic N) is 2. The highest BCUT2D eigenvalue weighted by molar-refractivity contribution is 5.91. The van der Waals surface area contributed by atoms with Crippen molar-refractivity contribution < 1.29 is 9.53 Å². The maximum absolute atomic E-state index is 12.1. The summed E-state index contributed by atoms with van der Waals surface area (Å²) >= 11 is 0. The molecule has 0 N–H and O–H groups in total. The number of anilines is 2. The fourth-order valence-corrected chi connectivity index (χ4v) is 4.28. The number of carbonyl (C=O) groups excluding carboxylic acids is 1. The molecule has 0 radical (unpaired) electrons. The van der Waals surface area contributed by atoms with Gasteiger partial charge in [0.1, 0.15) is 5.75 Å². The molecule has 0 bridgehead atoms. The van der Waals surface area contributed by atoms with Crippen molar-refractivity contribution in [2.24, 2.45) is 0 Å². The zero-order valence-electron chi connectivity index (χ0n) is 17.8. The summed E-state index contributed by atoms with van der Waals surface area (Å²) in [5.41, 5.74) is 5.96. The minimum Gasteiger partial charge on any atom is -0.417 e. The highest BCUT2D eigenvalue weighted by Gasteiger charge is 2.21. The molecule has 1 heterocycles. The van der Waals surface area contributed by atoms with Crippen LogP contribution in [0.2, 0.25) is 0 Å². The van der Waals surface area contributed by atoms with E-state index in [0.29, 0.717) is 5.75 Å². The second-order valence-electron chi connectivity index (χ2n) is 7.93. The molecule has 1 aliphatic heterocycles. The molecular weight excluding hydrogens is 396 g/mol. The Hall–Kier alpha value is -3.97. The van der Waals surface area contributed by atoms with Gasteiger partial charge in [-0.25, -0.2) is 4.79 Å². The third kappa shape index (κ3) is 4.38. The van der Waals surface area contributed by atoms with Gasteiger partial charge in [0.25, 0.3) is 0 Å². The molecule has 4 nitrogen and oxygen atoms in total. The van der Waals surface area contributed by atoms with E-state index in [1.54, 1.807) is 6.07 Å². The second kappa shape index (κ2) is 9.03. The van der Waals surface area contributed by atoms with Gasteiger partial charge in [-0.15, -0.1) is 0 Å². The van der Waals surface area contributed by atoms with Crippen LogP contribution >= 0.6 is 0 Å². The number of hydrogen-bond donors (Lipinski definition) is 0. The maximum Gasteiger partial charge on any atom is 0.390 e. The van der Waals surface area contributed by atoms with Crippen molar-refractivity contribution in [3.63, 3.8) is 0 Å². The normalized spacial score (nSPS) is 14.5. The van der Waals surface area contributed by atoms with Gasteiger partial charge >= 0.3 is 5.97 Å². The summed E-state index contributed by atoms with van der Waals surface area (Å²) in [6.45, 7) is 3.74. The van der Waals surface area contributed by atoms with Gasteiger partial charge < -0.3 is 14.5 Å². The van der Waals surface area contributed by atoms with Crippen LogP contribution in [-0.2, 0) is 11.2 Å². The summed E-state index contributed by atoms with van der Waals surface area (Å²) in [5.74, 6) is 5.35. The van der Waals surface area contributed by atoms with Gasteiger partial charge in [0.05, 0.1) is 0 Å². The highest BCUT2D eigenvalue weighted by atomic mass is 16.5. The van der Waals surface area contributed by atoms with Gasteiger partial charge in [0.2, 0.25) is 0 Å². The minimum atomic E-state index is -0.554. The van der Waals surface area contributed by atoms with Crippen molar-refractivity contribution in [1.82, 2.24) is 0 Å². The highest BCUT2D eigenvalue weighted by Crippen LogP contribution is 2.31. The zero-order chi connectivity index (χ0) is 21.8. The van der Waals surface area contributed by atoms with Crippen LogP contribution in [0, 0.1) is 11.8 Å². The summed E-state index contributed by atoms with van der Waals surface area (Å²) in [6, 6.07) is 23.7. The lowest BCUT2D eigenvalue weighted by Crippen LogP contribution is -2.46. The van der Waals surface area contributed by atoms with Gasteiger partial charge in [-0.2, -0.15) is 0 Å². The lowest BCUT2D eigenvalue weighted by atomic mass is 10.1. The average molecular weight is 421 g/mol. The first-order valence-electron chi connectivity index (χ1n) is 10.9. The Balaban J connectivity index is 1.22. The molecule has 1 aliphatic carbocycles. The molecule has 32 heavy (non-hydrogen) atoms. The fourth-order valence-electron chi connectivity index (χ4n) is 4.28. The number of ether oxygens (including phenoxy) is 1. The third-order valence-electron chi connectivity index (χ3n) is 5.89. The van der Waals surface area contributed by atoms with E-state index in [4.69, 9.17) is 4.74 Å². The Morgan fingerprint density at radius 2 is 1.62 bits per heavy atom. The quantitative estimate of drug-likeness (QED) is 0.354. The number of carbonyl (C=O) groups is 1. The summed E-state index contributed by atoms with van der Waals surface area (Å²) < 4.78 is 5.45. The Morgan fingerprint density at radius 3 is 2.47 bits per heavy atom. The number of benzene rings is 3. The molecule has 0 aromatic heterocycles. The van der Waals surface area contributed by atoms with Crippen molar-refractivity contribution in [2.45, 2.75) is 6.42 Å². The number of esters is 1. The van der Waals surface area contributed by atoms with Crippen LogP contribution in [0.15, 0.2) is 78.9 Å². The van der Waals surface area contributed by atoms with E-state index in [-0.39, 0.29) is 0 Å². The van der Waals surface area contributed by atoms with Crippen LogP contribution in [0.3, 0.4) is 0 Å². The average Bonchev–Trinajstić information content (AvgIpc) is 3.33. The second-order valence-corrected chi connectivity index (χ2v) is 7.93. The third-order valence-corrected chi connectivity index (χ3v) is 5.89. The van der Waals surface area contributed by atoms with E-state index in [2.05, 4.69) is 58.1 Å². The van der Waals surface area contributed by atoms with E-state index >= 15 is 0 Å². The van der Waals surface area contributed by atoms with Crippen molar-refractivity contribution in [2.75, 3.05) is 36.0 Å².